The maximum atomic E-state index is 12.1. The van der Waals surface area contributed by atoms with E-state index in [9.17, 15) is 20.0 Å². The van der Waals surface area contributed by atoms with E-state index in [-0.39, 0.29) is 29.3 Å². The maximum absolute atomic E-state index is 12.1. The Hall–Kier alpha value is -2.74. The first-order chi connectivity index (χ1) is 11.8. The normalized spacial score (nSPS) is 11.3. The summed E-state index contributed by atoms with van der Waals surface area (Å²) in [4.78, 5) is 22.3. The van der Waals surface area contributed by atoms with Gasteiger partial charge in [-0.1, -0.05) is 13.8 Å². The van der Waals surface area contributed by atoms with E-state index < -0.39 is 4.92 Å². The quantitative estimate of drug-likeness (QED) is 0.433. The number of carbonyl (C=O) groups excluding carboxylic acids is 1. The topological polar surface area (TPSA) is 110 Å². The molecule has 2 rings (SSSR count). The van der Waals surface area contributed by atoms with Crippen LogP contribution in [0.2, 0.25) is 0 Å². The highest BCUT2D eigenvalue weighted by molar-refractivity contribution is 5.92. The van der Waals surface area contributed by atoms with E-state index in [2.05, 4.69) is 10.4 Å². The molecule has 0 fully saturated rings. The van der Waals surface area contributed by atoms with Gasteiger partial charge < -0.3 is 10.4 Å². The van der Waals surface area contributed by atoms with Crippen molar-refractivity contribution >= 4 is 11.6 Å². The van der Waals surface area contributed by atoms with Gasteiger partial charge in [0.1, 0.15) is 0 Å². The summed E-state index contributed by atoms with van der Waals surface area (Å²) in [7, 11) is 0. The predicted octanol–water partition coefficient (Wildman–Crippen LogP) is 2.31. The van der Waals surface area contributed by atoms with Gasteiger partial charge in [0.15, 0.2) is 5.69 Å². The van der Waals surface area contributed by atoms with Crippen molar-refractivity contribution in [2.45, 2.75) is 26.7 Å². The molecule has 0 atom stereocenters. The van der Waals surface area contributed by atoms with E-state index >= 15 is 0 Å². The first-order valence-electron chi connectivity index (χ1n) is 8.02. The molecule has 1 heterocycles. The van der Waals surface area contributed by atoms with Crippen molar-refractivity contribution in [1.29, 1.82) is 0 Å². The predicted molar refractivity (Wildman–Crippen MR) is 92.7 cm³/mol. The number of hydrogen-bond donors (Lipinski definition) is 2. The Bertz CT molecular complexity index is 737. The number of carbonyl (C=O) groups is 1. The molecule has 0 radical (unpaired) electrons. The number of nitrogens with zero attached hydrogens (tertiary/aromatic N) is 3. The Morgan fingerprint density at radius 1 is 1.32 bits per heavy atom. The number of aliphatic hydroxyl groups is 1. The summed E-state index contributed by atoms with van der Waals surface area (Å²) in [6.07, 6.45) is 3.20. The number of nitro groups is 1. The molecule has 0 aliphatic carbocycles. The molecule has 0 saturated heterocycles. The zero-order valence-electron chi connectivity index (χ0n) is 14.3. The molecular weight excluding hydrogens is 324 g/mol. The SMILES string of the molecule is CC(C)(CO)CCCNC(=O)c1ccn(-c2ccc([N+](=O)[O-])cc2)n1. The number of aliphatic hydroxyl groups excluding tert-OH is 1. The minimum absolute atomic E-state index is 0.000300. The molecule has 0 bridgehead atoms. The number of nitrogens with one attached hydrogen (secondary N) is 1. The van der Waals surface area contributed by atoms with Gasteiger partial charge >= 0.3 is 0 Å². The largest absolute Gasteiger partial charge is 0.396 e. The van der Waals surface area contributed by atoms with Crippen LogP contribution < -0.4 is 5.32 Å². The molecule has 1 aromatic heterocycles. The molecule has 25 heavy (non-hydrogen) atoms. The minimum atomic E-state index is -0.468. The van der Waals surface area contributed by atoms with Crippen molar-refractivity contribution in [3.8, 4) is 5.69 Å². The Morgan fingerprint density at radius 2 is 2.00 bits per heavy atom. The van der Waals surface area contributed by atoms with Gasteiger partial charge in [-0.3, -0.25) is 14.9 Å². The molecule has 0 aliphatic rings. The number of non-ortho nitro benzene ring substituents is 1. The monoisotopic (exact) mass is 346 g/mol. The standard InChI is InChI=1S/C17H22N4O4/c1-17(2,12-22)9-3-10-18-16(23)15-8-11-20(19-15)13-4-6-14(7-5-13)21(24)25/h4-8,11,22H,3,9-10,12H2,1-2H3,(H,18,23). The van der Waals surface area contributed by atoms with Crippen LogP contribution in [-0.2, 0) is 0 Å². The molecule has 0 spiro atoms. The highest BCUT2D eigenvalue weighted by Crippen LogP contribution is 2.20. The smallest absolute Gasteiger partial charge is 0.271 e. The van der Waals surface area contributed by atoms with Crippen LogP contribution in [0, 0.1) is 15.5 Å². The third-order valence-corrected chi connectivity index (χ3v) is 3.89. The van der Waals surface area contributed by atoms with Crippen molar-refractivity contribution in [3.05, 3.63) is 52.3 Å². The zero-order chi connectivity index (χ0) is 18.4. The molecule has 0 aliphatic heterocycles. The Labute approximate surface area is 145 Å². The number of benzene rings is 1. The summed E-state index contributed by atoms with van der Waals surface area (Å²) in [5, 5.41) is 26.9. The first kappa shape index (κ1) is 18.6. The molecule has 1 amide bonds. The fraction of sp³-hybridized carbons (Fsp3) is 0.412. The van der Waals surface area contributed by atoms with Gasteiger partial charge in [0.25, 0.3) is 11.6 Å². The van der Waals surface area contributed by atoms with Gasteiger partial charge in [0.05, 0.1) is 10.6 Å². The van der Waals surface area contributed by atoms with Gasteiger partial charge in [0.2, 0.25) is 0 Å². The van der Waals surface area contributed by atoms with Crippen LogP contribution in [0.3, 0.4) is 0 Å². The summed E-state index contributed by atoms with van der Waals surface area (Å²) in [5.41, 5.74) is 0.760. The average molecular weight is 346 g/mol. The lowest BCUT2D eigenvalue weighted by Gasteiger charge is -2.21. The van der Waals surface area contributed by atoms with Crippen LogP contribution in [0.1, 0.15) is 37.2 Å². The van der Waals surface area contributed by atoms with E-state index in [0.29, 0.717) is 12.2 Å². The van der Waals surface area contributed by atoms with Gasteiger partial charge in [-0.25, -0.2) is 4.68 Å². The van der Waals surface area contributed by atoms with Crippen LogP contribution >= 0.6 is 0 Å². The van der Waals surface area contributed by atoms with E-state index in [4.69, 9.17) is 0 Å². The second-order valence-corrected chi connectivity index (χ2v) is 6.60. The highest BCUT2D eigenvalue weighted by Gasteiger charge is 2.16. The highest BCUT2D eigenvalue weighted by atomic mass is 16.6. The molecule has 0 saturated carbocycles. The van der Waals surface area contributed by atoms with Crippen LogP contribution in [0.25, 0.3) is 5.69 Å². The lowest BCUT2D eigenvalue weighted by atomic mass is 9.89. The number of aromatic nitrogens is 2. The van der Waals surface area contributed by atoms with Crippen molar-refractivity contribution in [2.24, 2.45) is 5.41 Å². The summed E-state index contributed by atoms with van der Waals surface area (Å²) in [6.45, 7) is 4.56. The maximum Gasteiger partial charge on any atom is 0.271 e. The summed E-state index contributed by atoms with van der Waals surface area (Å²) in [6, 6.07) is 7.52. The zero-order valence-corrected chi connectivity index (χ0v) is 14.3. The van der Waals surface area contributed by atoms with E-state index in [0.717, 1.165) is 12.8 Å². The lowest BCUT2D eigenvalue weighted by molar-refractivity contribution is -0.384. The third-order valence-electron chi connectivity index (χ3n) is 3.89. The summed E-state index contributed by atoms with van der Waals surface area (Å²) < 4.78 is 1.49. The lowest BCUT2D eigenvalue weighted by Crippen LogP contribution is -2.26. The van der Waals surface area contributed by atoms with Crippen molar-refractivity contribution in [3.63, 3.8) is 0 Å². The van der Waals surface area contributed by atoms with Crippen LogP contribution in [-0.4, -0.2) is 38.9 Å². The Balaban J connectivity index is 1.91. The van der Waals surface area contributed by atoms with E-state index in [1.54, 1.807) is 24.4 Å². The number of hydrogen-bond acceptors (Lipinski definition) is 5. The van der Waals surface area contributed by atoms with Crippen LogP contribution in [0.5, 0.6) is 0 Å². The molecule has 2 aromatic rings. The first-order valence-corrected chi connectivity index (χ1v) is 8.02. The second kappa shape index (κ2) is 7.89. The molecular formula is C17H22N4O4. The molecule has 1 aromatic carbocycles. The minimum Gasteiger partial charge on any atom is -0.396 e. The molecule has 8 nitrogen and oxygen atoms in total. The number of nitro benzene ring substituents is 1. The van der Waals surface area contributed by atoms with Gasteiger partial charge in [-0.05, 0) is 36.5 Å². The average Bonchev–Trinajstić information content (AvgIpc) is 3.09. The van der Waals surface area contributed by atoms with Gasteiger partial charge in [0, 0.05) is 31.5 Å². The Kier molecular flexibility index (Phi) is 5.87. The molecule has 0 unspecified atom stereocenters. The van der Waals surface area contributed by atoms with Crippen LogP contribution in [0.4, 0.5) is 5.69 Å². The second-order valence-electron chi connectivity index (χ2n) is 6.60. The van der Waals surface area contributed by atoms with Crippen molar-refractivity contribution in [1.82, 2.24) is 15.1 Å². The van der Waals surface area contributed by atoms with Gasteiger partial charge in [-0.2, -0.15) is 5.10 Å². The van der Waals surface area contributed by atoms with Crippen molar-refractivity contribution in [2.75, 3.05) is 13.2 Å². The number of amides is 1. The van der Waals surface area contributed by atoms with Crippen LogP contribution in [0.15, 0.2) is 36.5 Å². The van der Waals surface area contributed by atoms with E-state index in [1.807, 2.05) is 13.8 Å². The molecule has 2 N–H and O–H groups in total. The van der Waals surface area contributed by atoms with Crippen molar-refractivity contribution < 1.29 is 14.8 Å². The number of rotatable bonds is 8. The third kappa shape index (κ3) is 5.12. The van der Waals surface area contributed by atoms with Gasteiger partial charge in [-0.15, -0.1) is 0 Å². The van der Waals surface area contributed by atoms with E-state index in [1.165, 1.54) is 16.8 Å². The summed E-state index contributed by atoms with van der Waals surface area (Å²) in [5.74, 6) is -0.275. The fourth-order valence-electron chi connectivity index (χ4n) is 2.25. The molecule has 8 heteroatoms. The summed E-state index contributed by atoms with van der Waals surface area (Å²) >= 11 is 0. The Morgan fingerprint density at radius 3 is 2.60 bits per heavy atom. The molecule has 134 valence electrons. The fourth-order valence-corrected chi connectivity index (χ4v) is 2.25.